The summed E-state index contributed by atoms with van der Waals surface area (Å²) in [5, 5.41) is 0.617. The van der Waals surface area contributed by atoms with Crippen LogP contribution in [-0.2, 0) is 0 Å². The molecule has 1 amide bonds. The van der Waals surface area contributed by atoms with E-state index < -0.39 is 0 Å². The van der Waals surface area contributed by atoms with Crippen LogP contribution in [0.1, 0.15) is 23.4 Å². The highest BCUT2D eigenvalue weighted by molar-refractivity contribution is 6.33. The van der Waals surface area contributed by atoms with E-state index in [-0.39, 0.29) is 5.91 Å². The molecular formula is C18H21ClN2O2. The van der Waals surface area contributed by atoms with Crippen LogP contribution in [0.3, 0.4) is 0 Å². The van der Waals surface area contributed by atoms with Crippen LogP contribution in [0.5, 0.6) is 0 Å². The minimum atomic E-state index is -0.0464. The Balaban J connectivity index is 1.78. The smallest absolute Gasteiger partial charge is 0.289 e. The Morgan fingerprint density at radius 3 is 2.78 bits per heavy atom. The fraction of sp³-hybridized carbons (Fsp3) is 0.389. The Labute approximate surface area is 141 Å². The van der Waals surface area contributed by atoms with Gasteiger partial charge in [0.05, 0.1) is 5.02 Å². The van der Waals surface area contributed by atoms with Crippen LogP contribution >= 0.6 is 11.6 Å². The Morgan fingerprint density at radius 2 is 2.04 bits per heavy atom. The topological polar surface area (TPSA) is 36.7 Å². The predicted molar refractivity (Wildman–Crippen MR) is 91.8 cm³/mol. The van der Waals surface area contributed by atoms with Gasteiger partial charge in [-0.25, -0.2) is 0 Å². The van der Waals surface area contributed by atoms with E-state index in [4.69, 9.17) is 16.0 Å². The van der Waals surface area contributed by atoms with E-state index in [0.717, 1.165) is 31.5 Å². The lowest BCUT2D eigenvalue weighted by Crippen LogP contribution is -2.47. The number of rotatable bonds is 3. The summed E-state index contributed by atoms with van der Waals surface area (Å²) in [5.41, 5.74) is 0.804. The van der Waals surface area contributed by atoms with Crippen molar-refractivity contribution in [1.82, 2.24) is 9.80 Å². The molecule has 1 atom stereocenters. The summed E-state index contributed by atoms with van der Waals surface area (Å²) in [5.74, 6) is 0.953. The highest BCUT2D eigenvalue weighted by Crippen LogP contribution is 2.29. The number of likely N-dealkylation sites (N-methyl/N-ethyl adjacent to an activating group) is 1. The summed E-state index contributed by atoms with van der Waals surface area (Å²) in [6.45, 7) is 1.53. The summed E-state index contributed by atoms with van der Waals surface area (Å²) in [4.78, 5) is 16.7. The normalized spacial score (nSPS) is 18.4. The lowest BCUT2D eigenvalue weighted by atomic mass is 10.0. The van der Waals surface area contributed by atoms with E-state index in [1.807, 2.05) is 35.2 Å². The average Bonchev–Trinajstić information content (AvgIpc) is 3.04. The second kappa shape index (κ2) is 6.77. The molecule has 2 heterocycles. The molecule has 3 rings (SSSR count). The maximum Gasteiger partial charge on any atom is 0.289 e. The van der Waals surface area contributed by atoms with Crippen molar-refractivity contribution in [3.8, 4) is 11.3 Å². The number of hydrogen-bond acceptors (Lipinski definition) is 3. The molecule has 0 aliphatic carbocycles. The summed E-state index contributed by atoms with van der Waals surface area (Å²) < 4.78 is 5.77. The average molecular weight is 333 g/mol. The summed E-state index contributed by atoms with van der Waals surface area (Å²) >= 11 is 6.19. The minimum Gasteiger partial charge on any atom is -0.451 e. The number of nitrogens with zero attached hydrogens (tertiary/aromatic N) is 2. The molecule has 1 aliphatic heterocycles. The van der Waals surface area contributed by atoms with Gasteiger partial charge < -0.3 is 14.2 Å². The van der Waals surface area contributed by atoms with Crippen LogP contribution in [-0.4, -0.2) is 48.9 Å². The highest BCUT2D eigenvalue weighted by atomic mass is 35.5. The van der Waals surface area contributed by atoms with E-state index in [9.17, 15) is 4.79 Å². The van der Waals surface area contributed by atoms with Gasteiger partial charge >= 0.3 is 0 Å². The van der Waals surface area contributed by atoms with Gasteiger partial charge in [-0.2, -0.15) is 0 Å². The van der Waals surface area contributed by atoms with Crippen LogP contribution < -0.4 is 0 Å². The number of likely N-dealkylation sites (tertiary alicyclic amines) is 1. The summed E-state index contributed by atoms with van der Waals surface area (Å²) in [6.07, 6.45) is 2.15. The Hall–Kier alpha value is -1.78. The van der Waals surface area contributed by atoms with Crippen molar-refractivity contribution in [2.75, 3.05) is 27.2 Å². The molecule has 23 heavy (non-hydrogen) atoms. The van der Waals surface area contributed by atoms with Gasteiger partial charge in [-0.05, 0) is 51.2 Å². The summed E-state index contributed by atoms with van der Waals surface area (Å²) in [6, 6.07) is 11.4. The Kier molecular flexibility index (Phi) is 4.74. The van der Waals surface area contributed by atoms with Gasteiger partial charge in [-0.15, -0.1) is 0 Å². The first-order valence-electron chi connectivity index (χ1n) is 7.86. The van der Waals surface area contributed by atoms with Crippen LogP contribution in [0.4, 0.5) is 0 Å². The second-order valence-corrected chi connectivity index (χ2v) is 6.56. The maximum atomic E-state index is 12.7. The van der Waals surface area contributed by atoms with Gasteiger partial charge in [0, 0.05) is 24.7 Å². The quantitative estimate of drug-likeness (QED) is 0.858. The molecular weight excluding hydrogens is 312 g/mol. The SMILES string of the molecule is CN(C)C1CCCN(C(=O)c2ccc(-c3ccccc3Cl)o2)C1. The van der Waals surface area contributed by atoms with Crippen LogP contribution in [0, 0.1) is 0 Å². The highest BCUT2D eigenvalue weighted by Gasteiger charge is 2.27. The first-order valence-corrected chi connectivity index (χ1v) is 8.24. The third-order valence-electron chi connectivity index (χ3n) is 4.37. The zero-order valence-corrected chi connectivity index (χ0v) is 14.2. The maximum absolute atomic E-state index is 12.7. The molecule has 1 aromatic heterocycles. The molecule has 0 spiro atoms. The zero-order valence-electron chi connectivity index (χ0n) is 13.5. The zero-order chi connectivity index (χ0) is 16.4. The van der Waals surface area contributed by atoms with E-state index in [2.05, 4.69) is 19.0 Å². The first kappa shape index (κ1) is 16.1. The van der Waals surface area contributed by atoms with Crippen molar-refractivity contribution in [3.05, 3.63) is 47.2 Å². The standard InChI is InChI=1S/C18H21ClN2O2/c1-20(2)13-6-5-11-21(12-13)18(22)17-10-9-16(23-17)14-7-3-4-8-15(14)19/h3-4,7-10,13H,5-6,11-12H2,1-2H3. The molecule has 4 nitrogen and oxygen atoms in total. The van der Waals surface area contributed by atoms with Crippen molar-refractivity contribution in [3.63, 3.8) is 0 Å². The number of amides is 1. The van der Waals surface area contributed by atoms with E-state index in [0.29, 0.717) is 22.6 Å². The number of furan rings is 1. The van der Waals surface area contributed by atoms with Crippen LogP contribution in [0.2, 0.25) is 5.02 Å². The number of carbonyl (C=O) groups is 1. The fourth-order valence-electron chi connectivity index (χ4n) is 2.98. The molecule has 0 saturated carbocycles. The lowest BCUT2D eigenvalue weighted by Gasteiger charge is -2.35. The molecule has 1 aliphatic rings. The number of halogens is 1. The number of hydrogen-bond donors (Lipinski definition) is 0. The van der Waals surface area contributed by atoms with Gasteiger partial charge in [0.1, 0.15) is 5.76 Å². The van der Waals surface area contributed by atoms with Gasteiger partial charge in [-0.3, -0.25) is 4.79 Å². The molecule has 1 fully saturated rings. The van der Waals surface area contributed by atoms with Crippen molar-refractivity contribution < 1.29 is 9.21 Å². The molecule has 0 N–H and O–H groups in total. The minimum absolute atomic E-state index is 0.0464. The molecule has 1 saturated heterocycles. The largest absolute Gasteiger partial charge is 0.451 e. The number of benzene rings is 1. The number of piperidine rings is 1. The van der Waals surface area contributed by atoms with Crippen LogP contribution in [0.25, 0.3) is 11.3 Å². The molecule has 5 heteroatoms. The molecule has 0 radical (unpaired) electrons. The van der Waals surface area contributed by atoms with E-state index in [1.54, 1.807) is 6.07 Å². The number of carbonyl (C=O) groups excluding carboxylic acids is 1. The molecule has 1 unspecified atom stereocenters. The van der Waals surface area contributed by atoms with E-state index in [1.165, 1.54) is 0 Å². The first-order chi connectivity index (χ1) is 11.1. The van der Waals surface area contributed by atoms with Gasteiger partial charge in [0.2, 0.25) is 0 Å². The predicted octanol–water partition coefficient (Wildman–Crippen LogP) is 3.77. The Morgan fingerprint density at radius 1 is 1.26 bits per heavy atom. The second-order valence-electron chi connectivity index (χ2n) is 6.15. The fourth-order valence-corrected chi connectivity index (χ4v) is 3.20. The van der Waals surface area contributed by atoms with E-state index >= 15 is 0 Å². The van der Waals surface area contributed by atoms with Crippen molar-refractivity contribution in [2.24, 2.45) is 0 Å². The van der Waals surface area contributed by atoms with Gasteiger partial charge in [0.15, 0.2) is 5.76 Å². The Bertz CT molecular complexity index is 696. The molecule has 1 aromatic carbocycles. The summed E-state index contributed by atoms with van der Waals surface area (Å²) in [7, 11) is 4.11. The molecule has 2 aromatic rings. The van der Waals surface area contributed by atoms with Crippen molar-refractivity contribution in [1.29, 1.82) is 0 Å². The van der Waals surface area contributed by atoms with Crippen molar-refractivity contribution >= 4 is 17.5 Å². The third-order valence-corrected chi connectivity index (χ3v) is 4.70. The third kappa shape index (κ3) is 3.43. The van der Waals surface area contributed by atoms with Gasteiger partial charge in [0.25, 0.3) is 5.91 Å². The van der Waals surface area contributed by atoms with Crippen LogP contribution in [0.15, 0.2) is 40.8 Å². The lowest BCUT2D eigenvalue weighted by molar-refractivity contribution is 0.0605. The van der Waals surface area contributed by atoms with Gasteiger partial charge in [-0.1, -0.05) is 23.7 Å². The molecule has 122 valence electrons. The van der Waals surface area contributed by atoms with Crippen molar-refractivity contribution in [2.45, 2.75) is 18.9 Å². The molecule has 0 bridgehead atoms. The monoisotopic (exact) mass is 332 g/mol.